The Morgan fingerprint density at radius 1 is 1.21 bits per heavy atom. The fourth-order valence-electron chi connectivity index (χ4n) is 2.49. The number of nitrogens with zero attached hydrogens (tertiary/aromatic N) is 1. The molecular formula is C15H19NO2S. The highest BCUT2D eigenvalue weighted by molar-refractivity contribution is 8.03. The van der Waals surface area contributed by atoms with Gasteiger partial charge in [0.05, 0.1) is 12.3 Å². The maximum atomic E-state index is 11.6. The summed E-state index contributed by atoms with van der Waals surface area (Å²) in [6.07, 6.45) is 0.880. The molecular weight excluding hydrogens is 258 g/mol. The molecule has 1 heterocycles. The molecule has 0 aromatic heterocycles. The molecule has 0 unspecified atom stereocenters. The average molecular weight is 277 g/mol. The normalized spacial score (nSPS) is 15.2. The van der Waals surface area contributed by atoms with Crippen LogP contribution in [-0.4, -0.2) is 18.8 Å². The first-order valence-electron chi connectivity index (χ1n) is 6.33. The molecule has 4 heteroatoms. The zero-order valence-corrected chi connectivity index (χ0v) is 12.6. The standard InChI is InChI=1S/C15H19NO2S/c1-10-7-11(2)14(12(3)8-10)16(9-17)15-13(4)18-5-6-19-15/h7-9H,5-6H2,1-4H3. The SMILES string of the molecule is CC1=C(N(C=O)c2c(C)cc(C)cc2C)SCCO1. The average Bonchev–Trinajstić information content (AvgIpc) is 2.34. The van der Waals surface area contributed by atoms with Gasteiger partial charge < -0.3 is 4.74 Å². The summed E-state index contributed by atoms with van der Waals surface area (Å²) in [4.78, 5) is 13.3. The summed E-state index contributed by atoms with van der Waals surface area (Å²) in [6, 6.07) is 4.20. The Morgan fingerprint density at radius 2 is 1.84 bits per heavy atom. The number of ether oxygens (including phenoxy) is 1. The van der Waals surface area contributed by atoms with Crippen molar-refractivity contribution in [1.82, 2.24) is 0 Å². The van der Waals surface area contributed by atoms with Crippen molar-refractivity contribution in [2.24, 2.45) is 0 Å². The van der Waals surface area contributed by atoms with Crippen LogP contribution in [-0.2, 0) is 9.53 Å². The predicted molar refractivity (Wildman–Crippen MR) is 80.3 cm³/mol. The number of carbonyl (C=O) groups excluding carboxylic acids is 1. The monoisotopic (exact) mass is 277 g/mol. The topological polar surface area (TPSA) is 29.5 Å². The van der Waals surface area contributed by atoms with Gasteiger partial charge in [0.15, 0.2) is 0 Å². The summed E-state index contributed by atoms with van der Waals surface area (Å²) in [6.45, 7) is 8.76. The Labute approximate surface area is 118 Å². The lowest BCUT2D eigenvalue weighted by molar-refractivity contribution is -0.107. The number of anilines is 1. The van der Waals surface area contributed by atoms with Gasteiger partial charge in [0.1, 0.15) is 10.8 Å². The Morgan fingerprint density at radius 3 is 2.37 bits per heavy atom. The molecule has 0 fully saturated rings. The maximum absolute atomic E-state index is 11.6. The van der Waals surface area contributed by atoms with E-state index >= 15 is 0 Å². The van der Waals surface area contributed by atoms with Gasteiger partial charge in [-0.3, -0.25) is 9.69 Å². The van der Waals surface area contributed by atoms with E-state index in [0.717, 1.165) is 39.8 Å². The quantitative estimate of drug-likeness (QED) is 0.792. The summed E-state index contributed by atoms with van der Waals surface area (Å²) in [5, 5.41) is 0.899. The molecule has 0 atom stereocenters. The van der Waals surface area contributed by atoms with Gasteiger partial charge in [0.25, 0.3) is 0 Å². The number of thioether (sulfide) groups is 1. The van der Waals surface area contributed by atoms with Gasteiger partial charge in [-0.05, 0) is 38.8 Å². The number of hydrogen-bond donors (Lipinski definition) is 0. The summed E-state index contributed by atoms with van der Waals surface area (Å²) in [5.41, 5.74) is 4.39. The Kier molecular flexibility index (Phi) is 4.20. The Bertz CT molecular complexity index is 514. The van der Waals surface area contributed by atoms with Crippen LogP contribution < -0.4 is 4.90 Å². The van der Waals surface area contributed by atoms with E-state index < -0.39 is 0 Å². The number of allylic oxidation sites excluding steroid dienone is 1. The second-order valence-electron chi connectivity index (χ2n) is 4.78. The molecule has 1 amide bonds. The number of benzene rings is 1. The molecule has 1 aliphatic rings. The smallest absolute Gasteiger partial charge is 0.219 e. The molecule has 0 aliphatic carbocycles. The molecule has 3 nitrogen and oxygen atoms in total. The first-order chi connectivity index (χ1) is 9.04. The van der Waals surface area contributed by atoms with Gasteiger partial charge in [-0.1, -0.05) is 17.7 Å². The van der Waals surface area contributed by atoms with Crippen LogP contribution in [0.3, 0.4) is 0 Å². The molecule has 0 bridgehead atoms. The second kappa shape index (κ2) is 5.70. The number of carbonyl (C=O) groups is 1. The van der Waals surface area contributed by atoms with Gasteiger partial charge in [0, 0.05) is 5.75 Å². The highest BCUT2D eigenvalue weighted by Crippen LogP contribution is 2.35. The third-order valence-electron chi connectivity index (χ3n) is 3.14. The van der Waals surface area contributed by atoms with E-state index in [1.54, 1.807) is 16.7 Å². The Balaban J connectivity index is 2.51. The van der Waals surface area contributed by atoms with Crippen LogP contribution in [0.2, 0.25) is 0 Å². The maximum Gasteiger partial charge on any atom is 0.219 e. The van der Waals surface area contributed by atoms with E-state index in [0.29, 0.717) is 6.61 Å². The highest BCUT2D eigenvalue weighted by atomic mass is 32.2. The molecule has 1 aromatic rings. The lowest BCUT2D eigenvalue weighted by atomic mass is 10.0. The van der Waals surface area contributed by atoms with E-state index in [4.69, 9.17) is 4.74 Å². The molecule has 0 N–H and O–H groups in total. The molecule has 0 saturated heterocycles. The van der Waals surface area contributed by atoms with E-state index in [2.05, 4.69) is 19.1 Å². The summed E-state index contributed by atoms with van der Waals surface area (Å²) >= 11 is 1.67. The van der Waals surface area contributed by atoms with Crippen LogP contribution in [0.25, 0.3) is 0 Å². The summed E-state index contributed by atoms with van der Waals surface area (Å²) in [5.74, 6) is 1.70. The number of aryl methyl sites for hydroxylation is 3. The number of rotatable bonds is 3. The van der Waals surface area contributed by atoms with Crippen LogP contribution in [0.1, 0.15) is 23.6 Å². The van der Waals surface area contributed by atoms with Crippen molar-refractivity contribution >= 4 is 23.9 Å². The molecule has 1 aliphatic heterocycles. The number of hydrogen-bond acceptors (Lipinski definition) is 3. The van der Waals surface area contributed by atoms with Crippen molar-refractivity contribution < 1.29 is 9.53 Å². The van der Waals surface area contributed by atoms with Crippen LogP contribution in [0.15, 0.2) is 22.9 Å². The molecule has 0 radical (unpaired) electrons. The van der Waals surface area contributed by atoms with Crippen molar-refractivity contribution in [2.75, 3.05) is 17.3 Å². The third kappa shape index (κ3) is 2.78. The van der Waals surface area contributed by atoms with Gasteiger partial charge in [0.2, 0.25) is 6.41 Å². The van der Waals surface area contributed by atoms with E-state index in [9.17, 15) is 4.79 Å². The lowest BCUT2D eigenvalue weighted by Crippen LogP contribution is -2.25. The first kappa shape index (κ1) is 14.0. The van der Waals surface area contributed by atoms with E-state index in [-0.39, 0.29) is 0 Å². The van der Waals surface area contributed by atoms with Gasteiger partial charge >= 0.3 is 0 Å². The van der Waals surface area contributed by atoms with E-state index in [1.807, 2.05) is 20.8 Å². The second-order valence-corrected chi connectivity index (χ2v) is 5.86. The largest absolute Gasteiger partial charge is 0.495 e. The van der Waals surface area contributed by atoms with Crippen LogP contribution in [0, 0.1) is 20.8 Å². The zero-order chi connectivity index (χ0) is 14.0. The molecule has 19 heavy (non-hydrogen) atoms. The zero-order valence-electron chi connectivity index (χ0n) is 11.8. The molecule has 102 valence electrons. The van der Waals surface area contributed by atoms with Gasteiger partial charge in [-0.15, -0.1) is 11.8 Å². The lowest BCUT2D eigenvalue weighted by Gasteiger charge is -2.28. The summed E-state index contributed by atoms with van der Waals surface area (Å²) < 4.78 is 5.56. The van der Waals surface area contributed by atoms with Crippen LogP contribution >= 0.6 is 11.8 Å². The molecule has 1 aromatic carbocycles. The minimum Gasteiger partial charge on any atom is -0.495 e. The molecule has 0 saturated carbocycles. The molecule has 0 spiro atoms. The Hall–Kier alpha value is -1.42. The van der Waals surface area contributed by atoms with Gasteiger partial charge in [-0.25, -0.2) is 0 Å². The van der Waals surface area contributed by atoms with Crippen molar-refractivity contribution in [1.29, 1.82) is 0 Å². The van der Waals surface area contributed by atoms with Crippen LogP contribution in [0.5, 0.6) is 0 Å². The first-order valence-corrected chi connectivity index (χ1v) is 7.32. The van der Waals surface area contributed by atoms with Crippen molar-refractivity contribution in [3.63, 3.8) is 0 Å². The van der Waals surface area contributed by atoms with Crippen LogP contribution in [0.4, 0.5) is 5.69 Å². The van der Waals surface area contributed by atoms with Crippen molar-refractivity contribution in [3.05, 3.63) is 39.6 Å². The highest BCUT2D eigenvalue weighted by Gasteiger charge is 2.22. The fourth-order valence-corrected chi connectivity index (χ4v) is 3.39. The molecule has 2 rings (SSSR count). The predicted octanol–water partition coefficient (Wildman–Crippen LogP) is 3.53. The van der Waals surface area contributed by atoms with Crippen molar-refractivity contribution in [2.45, 2.75) is 27.7 Å². The minimum absolute atomic E-state index is 0.707. The number of amides is 1. The van der Waals surface area contributed by atoms with Crippen molar-refractivity contribution in [3.8, 4) is 0 Å². The fraction of sp³-hybridized carbons (Fsp3) is 0.400. The third-order valence-corrected chi connectivity index (χ3v) is 4.27. The van der Waals surface area contributed by atoms with E-state index in [1.165, 1.54) is 5.56 Å². The minimum atomic E-state index is 0.707. The van der Waals surface area contributed by atoms with Gasteiger partial charge in [-0.2, -0.15) is 0 Å². The summed E-state index contributed by atoms with van der Waals surface area (Å²) in [7, 11) is 0.